The summed E-state index contributed by atoms with van der Waals surface area (Å²) in [4.78, 5) is 23.3. The first kappa shape index (κ1) is 16.4. The van der Waals surface area contributed by atoms with Gasteiger partial charge >= 0.3 is 0 Å². The van der Waals surface area contributed by atoms with Gasteiger partial charge in [-0.05, 0) is 31.9 Å². The Labute approximate surface area is 150 Å². The molecule has 4 heterocycles. The molecule has 0 bridgehead atoms. The van der Waals surface area contributed by atoms with E-state index in [4.69, 9.17) is 4.52 Å². The number of carbonyl (C=O) groups is 1. The van der Waals surface area contributed by atoms with Gasteiger partial charge in [-0.1, -0.05) is 5.16 Å². The van der Waals surface area contributed by atoms with Crippen molar-refractivity contribution >= 4 is 5.91 Å². The molecule has 3 aromatic heterocycles. The van der Waals surface area contributed by atoms with E-state index in [0.29, 0.717) is 23.8 Å². The summed E-state index contributed by atoms with van der Waals surface area (Å²) in [5.41, 5.74) is 2.33. The molecule has 4 rings (SSSR count). The Kier molecular flexibility index (Phi) is 4.24. The lowest BCUT2D eigenvalue weighted by molar-refractivity contribution is 0.0695. The second-order valence-electron chi connectivity index (χ2n) is 6.56. The summed E-state index contributed by atoms with van der Waals surface area (Å²) in [5, 5.41) is 8.23. The number of aromatic nitrogens is 5. The van der Waals surface area contributed by atoms with E-state index in [1.54, 1.807) is 23.3 Å². The molecule has 0 unspecified atom stereocenters. The van der Waals surface area contributed by atoms with Crippen LogP contribution < -0.4 is 0 Å². The molecule has 1 aliphatic heterocycles. The number of nitrogens with zero attached hydrogens (tertiary/aromatic N) is 6. The van der Waals surface area contributed by atoms with Crippen LogP contribution in [0.4, 0.5) is 0 Å². The van der Waals surface area contributed by atoms with Crippen LogP contribution in [-0.2, 0) is 7.05 Å². The zero-order valence-corrected chi connectivity index (χ0v) is 14.8. The van der Waals surface area contributed by atoms with E-state index in [-0.39, 0.29) is 11.8 Å². The topological polar surface area (TPSA) is 89.9 Å². The zero-order valence-electron chi connectivity index (χ0n) is 14.8. The molecule has 8 heteroatoms. The van der Waals surface area contributed by atoms with Crippen LogP contribution in [0.2, 0.25) is 0 Å². The molecule has 0 N–H and O–H groups in total. The fourth-order valence-electron chi connectivity index (χ4n) is 3.26. The lowest BCUT2D eigenvalue weighted by Crippen LogP contribution is -2.39. The number of hydrogen-bond acceptors (Lipinski definition) is 6. The van der Waals surface area contributed by atoms with Gasteiger partial charge in [-0.2, -0.15) is 10.1 Å². The number of aryl methyl sites for hydroxylation is 1. The number of hydrogen-bond donors (Lipinski definition) is 0. The van der Waals surface area contributed by atoms with Crippen molar-refractivity contribution in [3.05, 3.63) is 47.9 Å². The molecule has 0 spiro atoms. The SMILES string of the molecule is Cc1c(C(=O)N2CCC[C@@H](c3nc(-c4cccnc4)no3)C2)cnn1C. The Morgan fingerprint density at radius 2 is 2.23 bits per heavy atom. The molecule has 0 saturated carbocycles. The summed E-state index contributed by atoms with van der Waals surface area (Å²) in [6, 6.07) is 3.73. The minimum Gasteiger partial charge on any atom is -0.339 e. The fourth-order valence-corrected chi connectivity index (χ4v) is 3.26. The second-order valence-corrected chi connectivity index (χ2v) is 6.56. The molecule has 1 atom stereocenters. The van der Waals surface area contributed by atoms with Crippen molar-refractivity contribution in [2.75, 3.05) is 13.1 Å². The molecule has 1 aliphatic rings. The molecule has 134 valence electrons. The monoisotopic (exact) mass is 352 g/mol. The number of pyridine rings is 1. The Morgan fingerprint density at radius 1 is 1.35 bits per heavy atom. The van der Waals surface area contributed by atoms with Crippen LogP contribution in [0, 0.1) is 6.92 Å². The summed E-state index contributed by atoms with van der Waals surface area (Å²) < 4.78 is 7.19. The van der Waals surface area contributed by atoms with E-state index in [1.165, 1.54) is 0 Å². The van der Waals surface area contributed by atoms with E-state index >= 15 is 0 Å². The number of carbonyl (C=O) groups excluding carboxylic acids is 1. The number of amides is 1. The highest BCUT2D eigenvalue weighted by molar-refractivity contribution is 5.95. The van der Waals surface area contributed by atoms with Crippen LogP contribution in [0.25, 0.3) is 11.4 Å². The number of piperidine rings is 1. The molecule has 8 nitrogen and oxygen atoms in total. The largest absolute Gasteiger partial charge is 0.339 e. The van der Waals surface area contributed by atoms with Crippen LogP contribution in [-0.4, -0.2) is 48.8 Å². The third-order valence-corrected chi connectivity index (χ3v) is 4.88. The smallest absolute Gasteiger partial charge is 0.257 e. The summed E-state index contributed by atoms with van der Waals surface area (Å²) >= 11 is 0. The van der Waals surface area contributed by atoms with Gasteiger partial charge in [-0.3, -0.25) is 14.5 Å². The van der Waals surface area contributed by atoms with E-state index in [0.717, 1.165) is 30.6 Å². The van der Waals surface area contributed by atoms with Crippen LogP contribution in [0.3, 0.4) is 0 Å². The molecular weight excluding hydrogens is 332 g/mol. The highest BCUT2D eigenvalue weighted by atomic mass is 16.5. The van der Waals surface area contributed by atoms with Crippen molar-refractivity contribution < 1.29 is 9.32 Å². The van der Waals surface area contributed by atoms with Gasteiger partial charge in [0.15, 0.2) is 0 Å². The van der Waals surface area contributed by atoms with E-state index < -0.39 is 0 Å². The normalized spacial score (nSPS) is 17.5. The fraction of sp³-hybridized carbons (Fsp3) is 0.389. The highest BCUT2D eigenvalue weighted by Crippen LogP contribution is 2.28. The minimum absolute atomic E-state index is 0.00676. The van der Waals surface area contributed by atoms with E-state index in [2.05, 4.69) is 20.2 Å². The molecule has 3 aromatic rings. The second kappa shape index (κ2) is 6.70. The van der Waals surface area contributed by atoms with Crippen LogP contribution >= 0.6 is 0 Å². The van der Waals surface area contributed by atoms with Gasteiger partial charge in [0, 0.05) is 43.8 Å². The molecular formula is C18H20N6O2. The molecule has 0 aliphatic carbocycles. The Morgan fingerprint density at radius 3 is 2.96 bits per heavy atom. The molecule has 1 saturated heterocycles. The molecule has 1 fully saturated rings. The third-order valence-electron chi connectivity index (χ3n) is 4.88. The Balaban J connectivity index is 1.51. The molecule has 0 aromatic carbocycles. The maximum absolute atomic E-state index is 12.8. The summed E-state index contributed by atoms with van der Waals surface area (Å²) in [6.45, 7) is 3.20. The average Bonchev–Trinajstić information content (AvgIpc) is 3.30. The zero-order chi connectivity index (χ0) is 18.1. The molecule has 0 radical (unpaired) electrons. The van der Waals surface area contributed by atoms with Gasteiger partial charge in [0.1, 0.15) is 0 Å². The van der Waals surface area contributed by atoms with E-state index in [9.17, 15) is 4.79 Å². The maximum atomic E-state index is 12.8. The van der Waals surface area contributed by atoms with E-state index in [1.807, 2.05) is 31.0 Å². The van der Waals surface area contributed by atoms with Gasteiger partial charge in [0.25, 0.3) is 5.91 Å². The first-order valence-corrected chi connectivity index (χ1v) is 8.65. The lowest BCUT2D eigenvalue weighted by atomic mass is 9.97. The Hall–Kier alpha value is -3.03. The van der Waals surface area contributed by atoms with Crippen molar-refractivity contribution in [2.24, 2.45) is 7.05 Å². The summed E-state index contributed by atoms with van der Waals surface area (Å²) in [7, 11) is 1.84. The first-order valence-electron chi connectivity index (χ1n) is 8.65. The summed E-state index contributed by atoms with van der Waals surface area (Å²) in [5.74, 6) is 1.15. The van der Waals surface area contributed by atoms with Crippen LogP contribution in [0.15, 0.2) is 35.2 Å². The van der Waals surface area contributed by atoms with Crippen molar-refractivity contribution in [1.29, 1.82) is 0 Å². The maximum Gasteiger partial charge on any atom is 0.257 e. The highest BCUT2D eigenvalue weighted by Gasteiger charge is 2.30. The van der Waals surface area contributed by atoms with Crippen molar-refractivity contribution in [3.63, 3.8) is 0 Å². The third kappa shape index (κ3) is 2.98. The van der Waals surface area contributed by atoms with Crippen LogP contribution in [0.5, 0.6) is 0 Å². The Bertz CT molecular complexity index is 917. The number of rotatable bonds is 3. The standard InChI is InChI=1S/C18H20N6O2/c1-12-15(10-20-23(12)2)18(25)24-8-4-6-14(11-24)17-21-16(22-26-17)13-5-3-7-19-9-13/h3,5,7,9-10,14H,4,6,8,11H2,1-2H3/t14-/m1/s1. The first-order chi connectivity index (χ1) is 12.6. The van der Waals surface area contributed by atoms with Gasteiger partial charge in [-0.15, -0.1) is 0 Å². The molecule has 26 heavy (non-hydrogen) atoms. The quantitative estimate of drug-likeness (QED) is 0.718. The van der Waals surface area contributed by atoms with Crippen LogP contribution in [0.1, 0.15) is 40.7 Å². The summed E-state index contributed by atoms with van der Waals surface area (Å²) in [6.07, 6.45) is 6.87. The van der Waals surface area contributed by atoms with Gasteiger partial charge < -0.3 is 9.42 Å². The van der Waals surface area contributed by atoms with Crippen molar-refractivity contribution in [3.8, 4) is 11.4 Å². The van der Waals surface area contributed by atoms with Crippen molar-refractivity contribution in [1.82, 2.24) is 29.8 Å². The van der Waals surface area contributed by atoms with Gasteiger partial charge in [0.2, 0.25) is 11.7 Å². The van der Waals surface area contributed by atoms with Gasteiger partial charge in [-0.25, -0.2) is 0 Å². The average molecular weight is 352 g/mol. The predicted molar refractivity (Wildman–Crippen MR) is 93.4 cm³/mol. The number of likely N-dealkylation sites (tertiary alicyclic amines) is 1. The predicted octanol–water partition coefficient (Wildman–Crippen LogP) is 2.19. The minimum atomic E-state index is 0.00676. The van der Waals surface area contributed by atoms with Crippen molar-refractivity contribution in [2.45, 2.75) is 25.7 Å². The molecule has 1 amide bonds. The van der Waals surface area contributed by atoms with Gasteiger partial charge in [0.05, 0.1) is 17.7 Å². The lowest BCUT2D eigenvalue weighted by Gasteiger charge is -2.30.